The first-order chi connectivity index (χ1) is 39.9. The summed E-state index contributed by atoms with van der Waals surface area (Å²) in [7, 11) is -0.959. The maximum Gasteiger partial charge on any atom is 0.488 e. The molecular weight excluding hydrogens is 1050 g/mol. The van der Waals surface area contributed by atoms with Crippen molar-refractivity contribution in [1.82, 2.24) is 20.4 Å². The number of anilines is 1. The molecule has 1 aliphatic carbocycles. The Bertz CT molecular complexity index is 3790. The van der Waals surface area contributed by atoms with Crippen molar-refractivity contribution < 1.29 is 29.7 Å². The van der Waals surface area contributed by atoms with Crippen LogP contribution in [0.25, 0.3) is 38.2 Å². The minimum absolute atomic E-state index is 0.196. The van der Waals surface area contributed by atoms with Crippen LogP contribution in [0.4, 0.5) is 5.69 Å². The molecule has 7 N–H and O–H groups in total. The molecule has 1 heterocycles. The minimum atomic E-state index is -1.67. The van der Waals surface area contributed by atoms with E-state index in [2.05, 4.69) is 160 Å². The average molecular weight is 1130 g/mol. The summed E-state index contributed by atoms with van der Waals surface area (Å²) in [6.45, 7) is 17.0. The third-order valence-electron chi connectivity index (χ3n) is 16.1. The summed E-state index contributed by atoms with van der Waals surface area (Å²) in [5.41, 5.74) is 15.6. The van der Waals surface area contributed by atoms with Gasteiger partial charge in [0.05, 0.1) is 5.71 Å². The number of hydrogen-bond acceptors (Lipinski definition) is 10. The van der Waals surface area contributed by atoms with Gasteiger partial charge in [0, 0.05) is 93.1 Å². The molecule has 0 saturated carbocycles. The van der Waals surface area contributed by atoms with Crippen LogP contribution in [-0.4, -0.2) is 114 Å². The highest BCUT2D eigenvalue weighted by atomic mass is 32.3. The Morgan fingerprint density at radius 1 is 0.614 bits per heavy atom. The van der Waals surface area contributed by atoms with Crippen molar-refractivity contribution in [3.63, 3.8) is 0 Å². The number of carbonyl (C=O) groups excluding carboxylic acids is 2. The number of aliphatic imine (C=N–C) groups is 1. The molecule has 0 unspecified atom stereocenters. The maximum atomic E-state index is 12.7. The fourth-order valence-corrected chi connectivity index (χ4v) is 14.1. The molecule has 7 aromatic rings. The Morgan fingerprint density at radius 3 is 1.67 bits per heavy atom. The van der Waals surface area contributed by atoms with Crippen molar-refractivity contribution in [2.45, 2.75) is 64.7 Å². The van der Waals surface area contributed by atoms with Gasteiger partial charge >= 0.3 is 14.2 Å². The standard InChI is InChI=1S/C68H76B2N6O6S/c1-44(2)67(77)73-32-16-34-75(40-49-18-10-14-22-62(49)69(79)80)42-60-53-20-12-13-21-54(53)61(43-76(35-17-33-74-68(78)45(3)4)41-50-19-11-15-23-63(50)70(81)82)59-37-48(26-29-55(59)60)47-25-24-46(5)58(36-47)66-56-30-27-51(71-6)38-64(56)83(8,9)65-39-52(72-7)28-31-57(65)66/h10-15,18-31,36-39,71,79-82H,1,3,16-17,32-35,40-43H2,2,4-9H3,(H,73,77)(H,74,78). The SMILES string of the molecule is C=C(C)C(=O)NCCCN(Cc1ccccc1B(O)O)Cc1c2ccccc2c(CN(CCCNC(=O)C(=C)C)Cc2ccccc2B(O)O)c2cc(-c3ccc(C)c(C4=C5C=CC(=NC)C=C5S(C)(C)c5cc(NC)ccc54)c3)ccc12. The summed E-state index contributed by atoms with van der Waals surface area (Å²) in [4.78, 5) is 37.2. The summed E-state index contributed by atoms with van der Waals surface area (Å²) in [5, 5.41) is 56.0. The molecule has 0 atom stereocenters. The van der Waals surface area contributed by atoms with E-state index in [1.807, 2.05) is 50.5 Å². The van der Waals surface area contributed by atoms with E-state index in [0.717, 1.165) is 77.5 Å². The summed E-state index contributed by atoms with van der Waals surface area (Å²) < 4.78 is 0. The third-order valence-corrected chi connectivity index (χ3v) is 19.0. The van der Waals surface area contributed by atoms with Crippen LogP contribution in [0.3, 0.4) is 0 Å². The third kappa shape index (κ3) is 13.3. The molecule has 2 aliphatic rings. The lowest BCUT2D eigenvalue weighted by Crippen LogP contribution is -2.36. The first-order valence-electron chi connectivity index (χ1n) is 28.3. The Hall–Kier alpha value is -7.59. The molecule has 0 bridgehead atoms. The number of carbonyl (C=O) groups is 2. The average Bonchev–Trinajstić information content (AvgIpc) is 3.67. The second-order valence-corrected chi connectivity index (χ2v) is 25.7. The quantitative estimate of drug-likeness (QED) is 0.0143. The van der Waals surface area contributed by atoms with Crippen molar-refractivity contribution in [2.24, 2.45) is 4.99 Å². The lowest BCUT2D eigenvalue weighted by Gasteiger charge is -2.43. The number of aryl methyl sites for hydroxylation is 1. The number of fused-ring (bicyclic) bond motifs is 4. The second-order valence-electron chi connectivity index (χ2n) is 22.2. The molecule has 1 aliphatic heterocycles. The first-order valence-corrected chi connectivity index (χ1v) is 30.8. The number of allylic oxidation sites excluding steroid dienone is 4. The van der Waals surface area contributed by atoms with Gasteiger partial charge in [-0.05, 0) is 176 Å². The van der Waals surface area contributed by atoms with E-state index < -0.39 is 24.3 Å². The fraction of sp³-hybridized carbons (Fsp3) is 0.250. The Labute approximate surface area is 491 Å². The van der Waals surface area contributed by atoms with E-state index in [-0.39, 0.29) is 11.8 Å². The van der Waals surface area contributed by atoms with Gasteiger partial charge in [-0.3, -0.25) is 24.4 Å². The zero-order valence-corrected chi connectivity index (χ0v) is 49.7. The molecule has 0 fully saturated rings. The first kappa shape index (κ1) is 60.0. The number of rotatable bonds is 23. The lowest BCUT2D eigenvalue weighted by atomic mass is 9.77. The van der Waals surface area contributed by atoms with E-state index in [1.165, 1.54) is 26.5 Å². The van der Waals surface area contributed by atoms with Crippen LogP contribution < -0.4 is 26.9 Å². The Balaban J connectivity index is 1.24. The molecule has 9 rings (SSSR count). The highest BCUT2D eigenvalue weighted by molar-refractivity contribution is 8.36. The van der Waals surface area contributed by atoms with E-state index in [1.54, 1.807) is 26.0 Å². The molecule has 12 nitrogen and oxygen atoms in total. The monoisotopic (exact) mass is 1130 g/mol. The van der Waals surface area contributed by atoms with E-state index in [9.17, 15) is 29.7 Å². The lowest BCUT2D eigenvalue weighted by molar-refractivity contribution is -0.118. The molecular formula is C68H76B2N6O6S. The zero-order valence-electron chi connectivity index (χ0n) is 48.9. The predicted molar refractivity (Wildman–Crippen MR) is 348 cm³/mol. The van der Waals surface area contributed by atoms with Crippen LogP contribution in [0, 0.1) is 6.92 Å². The van der Waals surface area contributed by atoms with Crippen LogP contribution in [0.15, 0.2) is 190 Å². The van der Waals surface area contributed by atoms with Crippen molar-refractivity contribution in [3.8, 4) is 11.1 Å². The number of nitrogens with one attached hydrogen (secondary N) is 3. The molecule has 7 aromatic carbocycles. The van der Waals surface area contributed by atoms with Crippen molar-refractivity contribution >= 4 is 85.5 Å². The predicted octanol–water partition coefficient (Wildman–Crippen LogP) is 9.30. The van der Waals surface area contributed by atoms with Crippen molar-refractivity contribution in [1.29, 1.82) is 0 Å². The number of amides is 2. The highest BCUT2D eigenvalue weighted by Crippen LogP contribution is 2.66. The van der Waals surface area contributed by atoms with Gasteiger partial charge in [-0.15, -0.1) is 0 Å². The van der Waals surface area contributed by atoms with Gasteiger partial charge < -0.3 is 36.0 Å². The number of hydrogen-bond donors (Lipinski definition) is 7. The van der Waals surface area contributed by atoms with Gasteiger partial charge in [0.2, 0.25) is 11.8 Å². The highest BCUT2D eigenvalue weighted by Gasteiger charge is 2.36. The molecule has 83 heavy (non-hydrogen) atoms. The maximum absolute atomic E-state index is 12.7. The Kier molecular flexibility index (Phi) is 19.0. The number of nitrogens with zero attached hydrogens (tertiary/aromatic N) is 3. The fourth-order valence-electron chi connectivity index (χ4n) is 11.6. The zero-order chi connectivity index (χ0) is 59.1. The molecule has 0 aromatic heterocycles. The molecule has 2 amide bonds. The summed E-state index contributed by atoms with van der Waals surface area (Å²) in [6.07, 6.45) is 12.7. The van der Waals surface area contributed by atoms with E-state index >= 15 is 0 Å². The van der Waals surface area contributed by atoms with Crippen molar-refractivity contribution in [3.05, 3.63) is 219 Å². The summed E-state index contributed by atoms with van der Waals surface area (Å²) >= 11 is 0. The van der Waals surface area contributed by atoms with Crippen LogP contribution in [0.2, 0.25) is 0 Å². The van der Waals surface area contributed by atoms with Crippen LogP contribution >= 0.6 is 10.0 Å². The molecule has 0 radical (unpaired) electrons. The van der Waals surface area contributed by atoms with Crippen LogP contribution in [-0.2, 0) is 35.8 Å². The van der Waals surface area contributed by atoms with E-state index in [0.29, 0.717) is 87.3 Å². The molecule has 426 valence electrons. The summed E-state index contributed by atoms with van der Waals surface area (Å²) in [5.74, 6) is -0.394. The topological polar surface area (TPSA) is 170 Å². The van der Waals surface area contributed by atoms with Crippen LogP contribution in [0.1, 0.15) is 65.6 Å². The molecule has 0 saturated heterocycles. The Morgan fingerprint density at radius 2 is 1.13 bits per heavy atom. The summed E-state index contributed by atoms with van der Waals surface area (Å²) in [6, 6.07) is 43.7. The largest absolute Gasteiger partial charge is 0.488 e. The normalized spacial score (nSPS) is 14.4. The van der Waals surface area contributed by atoms with Gasteiger partial charge in [0.15, 0.2) is 0 Å². The molecule has 15 heteroatoms. The second kappa shape index (κ2) is 26.3. The van der Waals surface area contributed by atoms with Gasteiger partial charge in [-0.2, -0.15) is 10.0 Å². The van der Waals surface area contributed by atoms with Crippen LogP contribution in [0.5, 0.6) is 0 Å². The van der Waals surface area contributed by atoms with Gasteiger partial charge in [-0.1, -0.05) is 122 Å². The van der Waals surface area contributed by atoms with Gasteiger partial charge in [0.1, 0.15) is 0 Å². The smallest absolute Gasteiger partial charge is 0.423 e. The van der Waals surface area contributed by atoms with Gasteiger partial charge in [-0.25, -0.2) is 0 Å². The van der Waals surface area contributed by atoms with Gasteiger partial charge in [0.25, 0.3) is 0 Å². The van der Waals surface area contributed by atoms with Crippen molar-refractivity contribution in [2.75, 3.05) is 58.1 Å². The molecule has 0 spiro atoms. The minimum Gasteiger partial charge on any atom is -0.423 e. The number of benzene rings is 7. The van der Waals surface area contributed by atoms with E-state index in [4.69, 9.17) is 0 Å².